The van der Waals surface area contributed by atoms with Crippen LogP contribution in [0.2, 0.25) is 0 Å². The van der Waals surface area contributed by atoms with Crippen molar-refractivity contribution in [2.24, 2.45) is 0 Å². The molecule has 1 atom stereocenters. The van der Waals surface area contributed by atoms with Crippen LogP contribution in [0.25, 0.3) is 0 Å². The van der Waals surface area contributed by atoms with Crippen LogP contribution >= 0.6 is 0 Å². The van der Waals surface area contributed by atoms with Crippen molar-refractivity contribution >= 4 is 5.97 Å². The van der Waals surface area contributed by atoms with Gasteiger partial charge in [0.05, 0.1) is 0 Å². The lowest BCUT2D eigenvalue weighted by molar-refractivity contribution is -0.152. The minimum absolute atomic E-state index is 0.690. The van der Waals surface area contributed by atoms with Crippen molar-refractivity contribution in [3.05, 3.63) is 35.4 Å². The van der Waals surface area contributed by atoms with Gasteiger partial charge in [-0.15, -0.1) is 0 Å². The monoisotopic (exact) mass is 247 g/mol. The summed E-state index contributed by atoms with van der Waals surface area (Å²) in [5.41, 5.74) is 1.38. The van der Waals surface area contributed by atoms with Gasteiger partial charge in [-0.2, -0.15) is 0 Å². The van der Waals surface area contributed by atoms with Gasteiger partial charge in [0.15, 0.2) is 0 Å². The molecule has 0 saturated carbocycles. The minimum atomic E-state index is -0.804. The van der Waals surface area contributed by atoms with Gasteiger partial charge in [-0.3, -0.25) is 4.90 Å². The Hall–Kier alpha value is -1.35. The van der Waals surface area contributed by atoms with Crippen LogP contribution in [0.5, 0.6) is 0 Å². The van der Waals surface area contributed by atoms with Crippen molar-refractivity contribution in [1.29, 1.82) is 0 Å². The summed E-state index contributed by atoms with van der Waals surface area (Å²) in [6.45, 7) is 5.74. The molecule has 2 rings (SSSR count). The summed E-state index contributed by atoms with van der Waals surface area (Å²) in [7, 11) is 0. The van der Waals surface area contributed by atoms with E-state index in [4.69, 9.17) is 0 Å². The highest BCUT2D eigenvalue weighted by atomic mass is 16.4. The number of aryl methyl sites for hydroxylation is 1. The molecule has 0 aromatic heterocycles. The van der Waals surface area contributed by atoms with E-state index >= 15 is 0 Å². The van der Waals surface area contributed by atoms with Gasteiger partial charge in [0.25, 0.3) is 0 Å². The highest BCUT2D eigenvalue weighted by Gasteiger charge is 2.49. The minimum Gasteiger partial charge on any atom is -0.480 e. The summed E-state index contributed by atoms with van der Waals surface area (Å²) in [5.74, 6) is -0.706. The Bertz CT molecular complexity index is 444. The molecule has 1 unspecified atom stereocenters. The third kappa shape index (κ3) is 1.83. The van der Waals surface area contributed by atoms with E-state index in [-0.39, 0.29) is 0 Å². The maximum absolute atomic E-state index is 11.9. The van der Waals surface area contributed by atoms with E-state index < -0.39 is 11.5 Å². The van der Waals surface area contributed by atoms with Gasteiger partial charge in [0, 0.05) is 0 Å². The van der Waals surface area contributed by atoms with Crippen LogP contribution in [0.15, 0.2) is 24.3 Å². The van der Waals surface area contributed by atoms with Crippen LogP contribution in [0.4, 0.5) is 0 Å². The Morgan fingerprint density at radius 3 is 2.72 bits per heavy atom. The zero-order chi connectivity index (χ0) is 13.2. The second-order valence-corrected chi connectivity index (χ2v) is 4.90. The molecule has 0 spiro atoms. The fourth-order valence-corrected chi connectivity index (χ4v) is 3.17. The lowest BCUT2D eigenvalue weighted by Gasteiger charge is -2.38. The van der Waals surface area contributed by atoms with Gasteiger partial charge in [-0.1, -0.05) is 38.1 Å². The van der Waals surface area contributed by atoms with E-state index in [1.54, 1.807) is 0 Å². The highest BCUT2D eigenvalue weighted by Crippen LogP contribution is 2.42. The van der Waals surface area contributed by atoms with Crippen molar-refractivity contribution in [2.45, 2.75) is 38.6 Å². The van der Waals surface area contributed by atoms with Crippen LogP contribution in [0.1, 0.15) is 37.8 Å². The van der Waals surface area contributed by atoms with Crippen LogP contribution in [0, 0.1) is 0 Å². The average molecular weight is 247 g/mol. The van der Waals surface area contributed by atoms with Gasteiger partial charge < -0.3 is 5.11 Å². The van der Waals surface area contributed by atoms with E-state index in [0.717, 1.165) is 31.5 Å². The van der Waals surface area contributed by atoms with Crippen molar-refractivity contribution in [3.8, 4) is 0 Å². The Balaban J connectivity index is 2.50. The molecule has 1 aliphatic carbocycles. The predicted molar refractivity (Wildman–Crippen MR) is 71.6 cm³/mol. The third-order valence-electron chi connectivity index (χ3n) is 3.99. The summed E-state index contributed by atoms with van der Waals surface area (Å²) in [5, 5.41) is 9.80. The number of hydrogen-bond donors (Lipinski definition) is 1. The molecule has 1 N–H and O–H groups in total. The number of aliphatic carboxylic acids is 1. The van der Waals surface area contributed by atoms with Gasteiger partial charge in [0.1, 0.15) is 5.54 Å². The molecule has 0 aliphatic heterocycles. The first-order valence-electron chi connectivity index (χ1n) is 6.73. The SMILES string of the molecule is CCCN(CC)C1(C(=O)O)CCc2ccccc21. The van der Waals surface area contributed by atoms with Crippen molar-refractivity contribution < 1.29 is 9.90 Å². The molecule has 18 heavy (non-hydrogen) atoms. The molecular weight excluding hydrogens is 226 g/mol. The molecule has 1 aromatic carbocycles. The molecule has 0 amide bonds. The highest BCUT2D eigenvalue weighted by molar-refractivity contribution is 5.82. The number of benzene rings is 1. The van der Waals surface area contributed by atoms with Crippen molar-refractivity contribution in [1.82, 2.24) is 4.90 Å². The molecule has 0 radical (unpaired) electrons. The maximum atomic E-state index is 11.9. The molecule has 0 fully saturated rings. The first kappa shape index (κ1) is 13.1. The lowest BCUT2D eigenvalue weighted by Crippen LogP contribution is -2.50. The smallest absolute Gasteiger partial charge is 0.328 e. The van der Waals surface area contributed by atoms with Crippen LogP contribution in [0.3, 0.4) is 0 Å². The second kappa shape index (κ2) is 5.11. The molecule has 0 saturated heterocycles. The Labute approximate surface area is 108 Å². The molecule has 1 aliphatic rings. The quantitative estimate of drug-likeness (QED) is 0.869. The Morgan fingerprint density at radius 1 is 1.39 bits per heavy atom. The average Bonchev–Trinajstić information content (AvgIpc) is 2.76. The zero-order valence-corrected chi connectivity index (χ0v) is 11.1. The van der Waals surface area contributed by atoms with Crippen molar-refractivity contribution in [2.75, 3.05) is 13.1 Å². The normalized spacial score (nSPS) is 22.2. The lowest BCUT2D eigenvalue weighted by atomic mass is 9.89. The molecule has 0 heterocycles. The van der Waals surface area contributed by atoms with Gasteiger partial charge >= 0.3 is 5.97 Å². The second-order valence-electron chi connectivity index (χ2n) is 4.90. The first-order chi connectivity index (χ1) is 8.66. The number of nitrogens with zero attached hydrogens (tertiary/aromatic N) is 1. The topological polar surface area (TPSA) is 40.5 Å². The van der Waals surface area contributed by atoms with E-state index in [1.807, 2.05) is 25.1 Å². The van der Waals surface area contributed by atoms with Gasteiger partial charge in [0.2, 0.25) is 0 Å². The molecule has 3 heteroatoms. The third-order valence-corrected chi connectivity index (χ3v) is 3.99. The van der Waals surface area contributed by atoms with Crippen LogP contribution in [-0.2, 0) is 16.8 Å². The molecule has 98 valence electrons. The molecule has 3 nitrogen and oxygen atoms in total. The first-order valence-corrected chi connectivity index (χ1v) is 6.73. The number of fused-ring (bicyclic) bond motifs is 1. The largest absolute Gasteiger partial charge is 0.480 e. The fraction of sp³-hybridized carbons (Fsp3) is 0.533. The number of carboxylic acids is 1. The number of rotatable bonds is 5. The summed E-state index contributed by atoms with van der Waals surface area (Å²) in [6, 6.07) is 7.98. The molecule has 1 aromatic rings. The van der Waals surface area contributed by atoms with Crippen molar-refractivity contribution in [3.63, 3.8) is 0 Å². The van der Waals surface area contributed by atoms with E-state index in [9.17, 15) is 9.90 Å². The summed E-state index contributed by atoms with van der Waals surface area (Å²) >= 11 is 0. The maximum Gasteiger partial charge on any atom is 0.328 e. The van der Waals surface area contributed by atoms with E-state index in [0.29, 0.717) is 6.42 Å². The number of carboxylic acid groups (broad SMARTS) is 1. The van der Waals surface area contributed by atoms with Gasteiger partial charge in [-0.05, 0) is 43.5 Å². The Kier molecular flexibility index (Phi) is 3.71. The summed E-state index contributed by atoms with van der Waals surface area (Å²) < 4.78 is 0. The summed E-state index contributed by atoms with van der Waals surface area (Å²) in [4.78, 5) is 14.0. The Morgan fingerprint density at radius 2 is 2.11 bits per heavy atom. The van der Waals surface area contributed by atoms with E-state index in [1.165, 1.54) is 5.56 Å². The van der Waals surface area contributed by atoms with Crippen LogP contribution in [-0.4, -0.2) is 29.1 Å². The van der Waals surface area contributed by atoms with Gasteiger partial charge in [-0.25, -0.2) is 4.79 Å². The molecular formula is C15H21NO2. The number of hydrogen-bond acceptors (Lipinski definition) is 2. The van der Waals surface area contributed by atoms with E-state index in [2.05, 4.69) is 17.9 Å². The van der Waals surface area contributed by atoms with Crippen LogP contribution < -0.4 is 0 Å². The molecule has 0 bridgehead atoms. The predicted octanol–water partition coefficient (Wildman–Crippen LogP) is 2.64. The summed E-state index contributed by atoms with van der Waals surface area (Å²) in [6.07, 6.45) is 2.53. The number of likely N-dealkylation sites (N-methyl/N-ethyl adjacent to an activating group) is 1. The number of carbonyl (C=O) groups is 1. The fourth-order valence-electron chi connectivity index (χ4n) is 3.17. The zero-order valence-electron chi connectivity index (χ0n) is 11.1. The standard InChI is InChI=1S/C15H21NO2/c1-3-11-16(4-2)15(14(17)18)10-9-12-7-5-6-8-13(12)15/h5-8H,3-4,9-11H2,1-2H3,(H,17,18).